The molecule has 0 unspecified atom stereocenters. The molecular weight excluding hydrogens is 266 g/mol. The fraction of sp³-hybridized carbons (Fsp3) is 0.846. The van der Waals surface area contributed by atoms with Crippen LogP contribution in [0, 0.1) is 23.2 Å². The Labute approximate surface area is 113 Å². The van der Waals surface area contributed by atoms with Crippen molar-refractivity contribution in [2.45, 2.75) is 44.6 Å². The molecule has 6 heteroatoms. The van der Waals surface area contributed by atoms with Gasteiger partial charge in [-0.25, -0.2) is 8.42 Å². The van der Waals surface area contributed by atoms with Crippen molar-refractivity contribution in [3.05, 3.63) is 0 Å². The van der Waals surface area contributed by atoms with Gasteiger partial charge >= 0.3 is 5.97 Å². The van der Waals surface area contributed by atoms with E-state index in [2.05, 4.69) is 6.07 Å². The van der Waals surface area contributed by atoms with Crippen molar-refractivity contribution in [2.75, 3.05) is 11.5 Å². The normalized spacial score (nSPS) is 33.5. The molecule has 0 aromatic rings. The Bertz CT molecular complexity index is 479. The molecule has 0 amide bonds. The molecule has 1 saturated carbocycles. The lowest BCUT2D eigenvalue weighted by Crippen LogP contribution is -2.30. The summed E-state index contributed by atoms with van der Waals surface area (Å²) in [5.74, 6) is -0.398. The molecule has 0 aromatic heterocycles. The van der Waals surface area contributed by atoms with Crippen molar-refractivity contribution < 1.29 is 17.9 Å². The Kier molecular flexibility index (Phi) is 4.46. The summed E-state index contributed by atoms with van der Waals surface area (Å²) < 4.78 is 28.0. The highest BCUT2D eigenvalue weighted by Crippen LogP contribution is 2.28. The van der Waals surface area contributed by atoms with Gasteiger partial charge in [-0.3, -0.25) is 4.79 Å². The highest BCUT2D eigenvalue weighted by Gasteiger charge is 2.32. The molecule has 106 valence electrons. The number of carbonyl (C=O) groups excluding carboxylic acids is 1. The molecule has 3 atom stereocenters. The van der Waals surface area contributed by atoms with Gasteiger partial charge in [-0.05, 0) is 31.6 Å². The third-order valence-electron chi connectivity index (χ3n) is 3.93. The Morgan fingerprint density at radius 3 is 2.63 bits per heavy atom. The Morgan fingerprint density at radius 1 is 1.26 bits per heavy atom. The van der Waals surface area contributed by atoms with Gasteiger partial charge in [0, 0.05) is 6.42 Å². The van der Waals surface area contributed by atoms with E-state index in [4.69, 9.17) is 10.00 Å². The second kappa shape index (κ2) is 5.91. The van der Waals surface area contributed by atoms with E-state index < -0.39 is 9.84 Å². The summed E-state index contributed by atoms with van der Waals surface area (Å²) in [7, 11) is -2.95. The molecule has 1 saturated heterocycles. The molecule has 1 aliphatic heterocycles. The molecule has 0 N–H and O–H groups in total. The van der Waals surface area contributed by atoms with E-state index >= 15 is 0 Å². The molecule has 5 nitrogen and oxygen atoms in total. The monoisotopic (exact) mass is 285 g/mol. The van der Waals surface area contributed by atoms with Crippen LogP contribution in [0.15, 0.2) is 0 Å². The zero-order chi connectivity index (χ0) is 13.9. The van der Waals surface area contributed by atoms with Crippen molar-refractivity contribution in [1.29, 1.82) is 5.26 Å². The van der Waals surface area contributed by atoms with Gasteiger partial charge < -0.3 is 4.74 Å². The Hall–Kier alpha value is -1.09. The van der Waals surface area contributed by atoms with Crippen LogP contribution < -0.4 is 0 Å². The molecule has 2 rings (SSSR count). The smallest absolute Gasteiger partial charge is 0.306 e. The first-order chi connectivity index (χ1) is 9.00. The van der Waals surface area contributed by atoms with Gasteiger partial charge in [-0.2, -0.15) is 5.26 Å². The predicted molar refractivity (Wildman–Crippen MR) is 68.8 cm³/mol. The van der Waals surface area contributed by atoms with Gasteiger partial charge in [0.05, 0.1) is 23.5 Å². The van der Waals surface area contributed by atoms with E-state index in [0.29, 0.717) is 6.42 Å². The number of hydrogen-bond acceptors (Lipinski definition) is 5. The minimum Gasteiger partial charge on any atom is -0.461 e. The van der Waals surface area contributed by atoms with Crippen LogP contribution in [0.1, 0.15) is 38.5 Å². The van der Waals surface area contributed by atoms with E-state index in [1.54, 1.807) is 0 Å². The third-order valence-corrected chi connectivity index (χ3v) is 5.77. The highest BCUT2D eigenvalue weighted by atomic mass is 32.2. The van der Waals surface area contributed by atoms with E-state index in [-0.39, 0.29) is 41.8 Å². The van der Waals surface area contributed by atoms with Crippen LogP contribution in [-0.2, 0) is 19.4 Å². The van der Waals surface area contributed by atoms with E-state index in [0.717, 1.165) is 25.7 Å². The van der Waals surface area contributed by atoms with Gasteiger partial charge in [0.1, 0.15) is 6.10 Å². The number of sulfone groups is 1. The lowest BCUT2D eigenvalue weighted by molar-refractivity contribution is -0.153. The first-order valence-corrected chi connectivity index (χ1v) is 8.62. The average Bonchev–Trinajstić information content (AvgIpc) is 2.69. The molecule has 0 bridgehead atoms. The maximum atomic E-state index is 11.8. The molecule has 19 heavy (non-hydrogen) atoms. The number of ether oxygens (including phenoxy) is 1. The zero-order valence-electron chi connectivity index (χ0n) is 10.9. The fourth-order valence-corrected chi connectivity index (χ4v) is 4.73. The van der Waals surface area contributed by atoms with Crippen molar-refractivity contribution in [3.63, 3.8) is 0 Å². The van der Waals surface area contributed by atoms with Crippen LogP contribution in [0.3, 0.4) is 0 Å². The molecule has 1 aliphatic carbocycles. The summed E-state index contributed by atoms with van der Waals surface area (Å²) in [6, 6.07) is 2.19. The van der Waals surface area contributed by atoms with Crippen LogP contribution in [0.2, 0.25) is 0 Å². The summed E-state index contributed by atoms with van der Waals surface area (Å²) in [4.78, 5) is 11.8. The van der Waals surface area contributed by atoms with Crippen LogP contribution in [-0.4, -0.2) is 32.0 Å². The highest BCUT2D eigenvalue weighted by molar-refractivity contribution is 7.91. The van der Waals surface area contributed by atoms with Crippen molar-refractivity contribution >= 4 is 15.8 Å². The summed E-state index contributed by atoms with van der Waals surface area (Å²) in [6.45, 7) is 0. The van der Waals surface area contributed by atoms with Crippen molar-refractivity contribution in [3.8, 4) is 6.07 Å². The standard InChI is InChI=1S/C13H19NO4S/c14-8-11-3-1-2-4-12(11)18-13(15)7-10-5-6-19(16,17)9-10/h10-12H,1-7,9H2/t10-,11+,12+/m1/s1. The summed E-state index contributed by atoms with van der Waals surface area (Å²) >= 11 is 0. The largest absolute Gasteiger partial charge is 0.461 e. The number of carbonyl (C=O) groups is 1. The lowest BCUT2D eigenvalue weighted by Gasteiger charge is -2.26. The summed E-state index contributed by atoms with van der Waals surface area (Å²) in [5, 5.41) is 9.01. The third kappa shape index (κ3) is 3.93. The Morgan fingerprint density at radius 2 is 2.00 bits per heavy atom. The summed E-state index contributed by atoms with van der Waals surface area (Å²) in [6.07, 6.45) is 3.92. The van der Waals surface area contributed by atoms with Crippen molar-refractivity contribution in [2.24, 2.45) is 11.8 Å². The molecule has 0 aromatic carbocycles. The zero-order valence-corrected chi connectivity index (χ0v) is 11.7. The lowest BCUT2D eigenvalue weighted by atomic mass is 9.87. The second-order valence-corrected chi connectivity index (χ2v) is 7.75. The van der Waals surface area contributed by atoms with Gasteiger partial charge in [-0.1, -0.05) is 6.42 Å². The Balaban J connectivity index is 1.83. The second-order valence-electron chi connectivity index (χ2n) is 5.52. The van der Waals surface area contributed by atoms with E-state index in [1.165, 1.54) is 0 Å². The molecule has 2 fully saturated rings. The number of nitriles is 1. The number of rotatable bonds is 3. The minimum absolute atomic E-state index is 0.0917. The van der Waals surface area contributed by atoms with Gasteiger partial charge in [0.2, 0.25) is 0 Å². The quantitative estimate of drug-likeness (QED) is 0.732. The van der Waals surface area contributed by atoms with Gasteiger partial charge in [0.15, 0.2) is 9.84 Å². The maximum Gasteiger partial charge on any atom is 0.306 e. The summed E-state index contributed by atoms with van der Waals surface area (Å²) in [5.41, 5.74) is 0. The topological polar surface area (TPSA) is 84.2 Å². The van der Waals surface area contributed by atoms with E-state index in [9.17, 15) is 13.2 Å². The first kappa shape index (κ1) is 14.3. The average molecular weight is 285 g/mol. The van der Waals surface area contributed by atoms with Gasteiger partial charge in [-0.15, -0.1) is 0 Å². The van der Waals surface area contributed by atoms with Crippen LogP contribution in [0.5, 0.6) is 0 Å². The van der Waals surface area contributed by atoms with Crippen LogP contribution >= 0.6 is 0 Å². The molecule has 0 spiro atoms. The molecular formula is C13H19NO4S. The fourth-order valence-electron chi connectivity index (χ4n) is 2.87. The molecule has 0 radical (unpaired) electrons. The SMILES string of the molecule is N#C[C@@H]1CCCC[C@@H]1OC(=O)C[C@H]1CCS(=O)(=O)C1. The molecule has 1 heterocycles. The van der Waals surface area contributed by atoms with Crippen LogP contribution in [0.25, 0.3) is 0 Å². The van der Waals surface area contributed by atoms with Gasteiger partial charge in [0.25, 0.3) is 0 Å². The number of esters is 1. The predicted octanol–water partition coefficient (Wildman–Crippen LogP) is 1.44. The maximum absolute atomic E-state index is 11.8. The minimum atomic E-state index is -2.95. The first-order valence-electron chi connectivity index (χ1n) is 6.80. The van der Waals surface area contributed by atoms with Crippen molar-refractivity contribution in [1.82, 2.24) is 0 Å². The van der Waals surface area contributed by atoms with Crippen LogP contribution in [0.4, 0.5) is 0 Å². The number of hydrogen-bond donors (Lipinski definition) is 0. The molecule has 2 aliphatic rings. The van der Waals surface area contributed by atoms with E-state index in [1.807, 2.05) is 0 Å². The number of nitrogens with zero attached hydrogens (tertiary/aromatic N) is 1.